The lowest BCUT2D eigenvalue weighted by atomic mass is 10.1. The number of nitrogens with one attached hydrogen (secondary N) is 1. The third-order valence-corrected chi connectivity index (χ3v) is 4.69. The van der Waals surface area contributed by atoms with Crippen LogP contribution in [0.1, 0.15) is 30.0 Å². The minimum Gasteiger partial charge on any atom is -0.493 e. The SMILES string of the molecule is CCCOc1c(Br)cc(/C=C(\C#N)C(=O)Nc2c(C)cccc2C)cc1OC. The van der Waals surface area contributed by atoms with Gasteiger partial charge < -0.3 is 14.8 Å². The van der Waals surface area contributed by atoms with Crippen LogP contribution in [0.2, 0.25) is 0 Å². The zero-order chi connectivity index (χ0) is 20.7. The molecule has 0 radical (unpaired) electrons. The highest BCUT2D eigenvalue weighted by molar-refractivity contribution is 9.10. The number of amides is 1. The second kappa shape index (κ2) is 9.95. The quantitative estimate of drug-likeness (QED) is 0.459. The van der Waals surface area contributed by atoms with Gasteiger partial charge in [-0.1, -0.05) is 25.1 Å². The van der Waals surface area contributed by atoms with Crippen LogP contribution in [0.25, 0.3) is 6.08 Å². The molecule has 0 aromatic heterocycles. The Bertz CT molecular complexity index is 925. The molecule has 0 saturated carbocycles. The number of aryl methyl sites for hydroxylation is 2. The highest BCUT2D eigenvalue weighted by Crippen LogP contribution is 2.37. The first-order chi connectivity index (χ1) is 13.4. The van der Waals surface area contributed by atoms with Gasteiger partial charge in [0.05, 0.1) is 18.2 Å². The minimum absolute atomic E-state index is 0.00108. The lowest BCUT2D eigenvalue weighted by Crippen LogP contribution is -2.15. The van der Waals surface area contributed by atoms with Gasteiger partial charge >= 0.3 is 0 Å². The van der Waals surface area contributed by atoms with Gasteiger partial charge in [0, 0.05) is 5.69 Å². The van der Waals surface area contributed by atoms with Gasteiger partial charge in [0.1, 0.15) is 11.6 Å². The van der Waals surface area contributed by atoms with Crippen molar-refractivity contribution in [2.24, 2.45) is 0 Å². The Hall–Kier alpha value is -2.78. The molecule has 0 saturated heterocycles. The molecular weight excluding hydrogens is 420 g/mol. The van der Waals surface area contributed by atoms with Crippen molar-refractivity contribution in [3.63, 3.8) is 0 Å². The second-order valence-electron chi connectivity index (χ2n) is 6.27. The smallest absolute Gasteiger partial charge is 0.266 e. The van der Waals surface area contributed by atoms with Crippen LogP contribution in [0.15, 0.2) is 40.4 Å². The lowest BCUT2D eigenvalue weighted by molar-refractivity contribution is -0.112. The summed E-state index contributed by atoms with van der Waals surface area (Å²) in [6.07, 6.45) is 2.40. The summed E-state index contributed by atoms with van der Waals surface area (Å²) in [6, 6.07) is 11.2. The standard InChI is InChI=1S/C22H23BrN2O3/c1-5-9-28-21-18(23)11-16(12-19(21)27-4)10-17(13-24)22(26)25-20-14(2)7-6-8-15(20)3/h6-8,10-12H,5,9H2,1-4H3,(H,25,26)/b17-10+. The van der Waals surface area contributed by atoms with E-state index in [1.165, 1.54) is 6.08 Å². The summed E-state index contributed by atoms with van der Waals surface area (Å²) in [5, 5.41) is 12.3. The molecule has 0 heterocycles. The molecule has 6 heteroatoms. The number of hydrogen-bond acceptors (Lipinski definition) is 4. The van der Waals surface area contributed by atoms with E-state index in [1.807, 2.05) is 45.0 Å². The molecule has 2 rings (SSSR count). The number of carbonyl (C=O) groups excluding carboxylic acids is 1. The molecule has 0 aliphatic heterocycles. The number of hydrogen-bond donors (Lipinski definition) is 1. The van der Waals surface area contributed by atoms with Crippen LogP contribution >= 0.6 is 15.9 Å². The van der Waals surface area contributed by atoms with E-state index in [0.29, 0.717) is 28.1 Å². The van der Waals surface area contributed by atoms with E-state index >= 15 is 0 Å². The third-order valence-electron chi connectivity index (χ3n) is 4.10. The molecule has 0 aliphatic rings. The third kappa shape index (κ3) is 5.14. The van der Waals surface area contributed by atoms with Crippen LogP contribution in [0.3, 0.4) is 0 Å². The molecule has 0 atom stereocenters. The van der Waals surface area contributed by atoms with Gasteiger partial charge in [0.15, 0.2) is 11.5 Å². The average molecular weight is 443 g/mol. The number of nitrogens with zero attached hydrogens (tertiary/aromatic N) is 1. The van der Waals surface area contributed by atoms with Crippen molar-refractivity contribution in [1.82, 2.24) is 0 Å². The molecule has 5 nitrogen and oxygen atoms in total. The lowest BCUT2D eigenvalue weighted by Gasteiger charge is -2.13. The van der Waals surface area contributed by atoms with E-state index in [2.05, 4.69) is 21.2 Å². The summed E-state index contributed by atoms with van der Waals surface area (Å²) in [5.74, 6) is 0.669. The van der Waals surface area contributed by atoms with Crippen LogP contribution in [0.4, 0.5) is 5.69 Å². The Morgan fingerprint density at radius 2 is 1.96 bits per heavy atom. The predicted molar refractivity (Wildman–Crippen MR) is 115 cm³/mol. The van der Waals surface area contributed by atoms with E-state index in [9.17, 15) is 10.1 Å². The monoisotopic (exact) mass is 442 g/mol. The van der Waals surface area contributed by atoms with Gasteiger partial charge in [-0.05, 0) is 71.1 Å². The number of benzene rings is 2. The Kier molecular flexibility index (Phi) is 7.65. The van der Waals surface area contributed by atoms with Crippen molar-refractivity contribution in [2.75, 3.05) is 19.0 Å². The topological polar surface area (TPSA) is 71.3 Å². The van der Waals surface area contributed by atoms with Gasteiger partial charge in [0.25, 0.3) is 5.91 Å². The van der Waals surface area contributed by atoms with E-state index in [1.54, 1.807) is 19.2 Å². The number of carbonyl (C=O) groups is 1. The second-order valence-corrected chi connectivity index (χ2v) is 7.13. The van der Waals surface area contributed by atoms with Crippen LogP contribution in [-0.2, 0) is 4.79 Å². The van der Waals surface area contributed by atoms with Crippen LogP contribution in [-0.4, -0.2) is 19.6 Å². The van der Waals surface area contributed by atoms with Crippen molar-refractivity contribution in [3.8, 4) is 17.6 Å². The van der Waals surface area contributed by atoms with E-state index in [-0.39, 0.29) is 5.57 Å². The minimum atomic E-state index is -0.457. The van der Waals surface area contributed by atoms with E-state index in [0.717, 1.165) is 23.2 Å². The first kappa shape index (κ1) is 21.5. The molecule has 0 spiro atoms. The zero-order valence-corrected chi connectivity index (χ0v) is 18.0. The van der Waals surface area contributed by atoms with Gasteiger partial charge in [-0.25, -0.2) is 0 Å². The molecule has 0 bridgehead atoms. The van der Waals surface area contributed by atoms with Crippen molar-refractivity contribution in [1.29, 1.82) is 5.26 Å². The Morgan fingerprint density at radius 3 is 2.54 bits per heavy atom. The highest BCUT2D eigenvalue weighted by Gasteiger charge is 2.15. The van der Waals surface area contributed by atoms with Gasteiger partial charge in [-0.2, -0.15) is 5.26 Å². The maximum atomic E-state index is 12.6. The Labute approximate surface area is 174 Å². The van der Waals surface area contributed by atoms with Crippen LogP contribution in [0.5, 0.6) is 11.5 Å². The fourth-order valence-electron chi connectivity index (χ4n) is 2.68. The van der Waals surface area contributed by atoms with E-state index in [4.69, 9.17) is 9.47 Å². The molecular formula is C22H23BrN2O3. The largest absolute Gasteiger partial charge is 0.493 e. The number of halogens is 1. The summed E-state index contributed by atoms with van der Waals surface area (Å²) < 4.78 is 11.8. The van der Waals surface area contributed by atoms with Crippen molar-refractivity contribution >= 4 is 33.6 Å². The van der Waals surface area contributed by atoms with E-state index < -0.39 is 5.91 Å². The normalized spacial score (nSPS) is 10.9. The molecule has 28 heavy (non-hydrogen) atoms. The number of ether oxygens (including phenoxy) is 2. The average Bonchev–Trinajstić information content (AvgIpc) is 2.67. The highest BCUT2D eigenvalue weighted by atomic mass is 79.9. The Balaban J connectivity index is 2.34. The number of rotatable bonds is 7. The molecule has 0 aliphatic carbocycles. The Morgan fingerprint density at radius 1 is 1.29 bits per heavy atom. The first-order valence-electron chi connectivity index (χ1n) is 8.91. The summed E-state index contributed by atoms with van der Waals surface area (Å²) in [4.78, 5) is 12.6. The number of methoxy groups -OCH3 is 1. The molecule has 0 fully saturated rings. The predicted octanol–water partition coefficient (Wildman–Crippen LogP) is 5.41. The fourth-order valence-corrected chi connectivity index (χ4v) is 3.25. The number of para-hydroxylation sites is 1. The van der Waals surface area contributed by atoms with Gasteiger partial charge in [0.2, 0.25) is 0 Å². The molecule has 0 unspecified atom stereocenters. The van der Waals surface area contributed by atoms with Gasteiger partial charge in [-0.15, -0.1) is 0 Å². The molecule has 2 aromatic carbocycles. The molecule has 1 N–H and O–H groups in total. The fraction of sp³-hybridized carbons (Fsp3) is 0.273. The van der Waals surface area contributed by atoms with Crippen LogP contribution < -0.4 is 14.8 Å². The summed E-state index contributed by atoms with van der Waals surface area (Å²) >= 11 is 3.47. The molecule has 1 amide bonds. The van der Waals surface area contributed by atoms with Crippen molar-refractivity contribution in [3.05, 3.63) is 57.1 Å². The summed E-state index contributed by atoms with van der Waals surface area (Å²) in [6.45, 7) is 6.40. The summed E-state index contributed by atoms with van der Waals surface area (Å²) in [5.41, 5.74) is 3.25. The molecule has 2 aromatic rings. The number of anilines is 1. The van der Waals surface area contributed by atoms with Gasteiger partial charge in [-0.3, -0.25) is 4.79 Å². The number of nitriles is 1. The maximum Gasteiger partial charge on any atom is 0.266 e. The zero-order valence-electron chi connectivity index (χ0n) is 16.4. The van der Waals surface area contributed by atoms with Crippen molar-refractivity contribution < 1.29 is 14.3 Å². The molecule has 146 valence electrons. The van der Waals surface area contributed by atoms with Crippen molar-refractivity contribution in [2.45, 2.75) is 27.2 Å². The van der Waals surface area contributed by atoms with Crippen LogP contribution in [0, 0.1) is 25.2 Å². The maximum absolute atomic E-state index is 12.6. The first-order valence-corrected chi connectivity index (χ1v) is 9.70. The summed E-state index contributed by atoms with van der Waals surface area (Å²) in [7, 11) is 1.55.